The number of hydrogen-bond acceptors (Lipinski definition) is 0. The quantitative estimate of drug-likeness (QED) is 0.679. The summed E-state index contributed by atoms with van der Waals surface area (Å²) in [6.07, 6.45) is 8.93. The van der Waals surface area contributed by atoms with Gasteiger partial charge in [-0.05, 0) is 42.4 Å². The van der Waals surface area contributed by atoms with E-state index in [2.05, 4.69) is 30.3 Å². The summed E-state index contributed by atoms with van der Waals surface area (Å²) < 4.78 is 0. The maximum atomic E-state index is 2.40. The van der Waals surface area contributed by atoms with Crippen LogP contribution < -0.4 is 0 Å². The molecule has 0 N–H and O–H groups in total. The van der Waals surface area contributed by atoms with Crippen LogP contribution >= 0.6 is 0 Å². The first kappa shape index (κ1) is 10.7. The Morgan fingerprint density at radius 1 is 1.13 bits per heavy atom. The number of hydrogen-bond donors (Lipinski definition) is 0. The second-order valence-corrected chi connectivity index (χ2v) is 5.42. The van der Waals surface area contributed by atoms with Gasteiger partial charge in [-0.2, -0.15) is 0 Å². The van der Waals surface area contributed by atoms with Crippen LogP contribution in [0.3, 0.4) is 0 Å². The topological polar surface area (TPSA) is 0 Å². The molecule has 0 aromatic heterocycles. The molecule has 1 heteroatoms. The molecule has 1 aliphatic carbocycles. The molecule has 0 nitrogen and oxygen atoms in total. The number of aryl methyl sites for hydroxylation is 1. The van der Waals surface area contributed by atoms with Crippen molar-refractivity contribution in [3.63, 3.8) is 0 Å². The van der Waals surface area contributed by atoms with E-state index in [0.717, 1.165) is 0 Å². The van der Waals surface area contributed by atoms with Crippen molar-refractivity contribution in [2.45, 2.75) is 38.1 Å². The summed E-state index contributed by atoms with van der Waals surface area (Å²) in [7, 11) is 1.35. The molecular weight excluding hydrogens is 196 g/mol. The summed E-state index contributed by atoms with van der Waals surface area (Å²) in [5.41, 5.74) is 4.51. The molecule has 1 aliphatic rings. The Morgan fingerprint density at radius 2 is 1.93 bits per heavy atom. The van der Waals surface area contributed by atoms with Gasteiger partial charge in [-0.15, -0.1) is 0 Å². The Kier molecular flexibility index (Phi) is 3.79. The van der Waals surface area contributed by atoms with Crippen molar-refractivity contribution < 1.29 is 0 Å². The second-order valence-electron chi connectivity index (χ2n) is 4.42. The number of allylic oxidation sites excluding steroid dienone is 2. The van der Waals surface area contributed by atoms with E-state index in [1.807, 2.05) is 0 Å². The molecule has 80 valence electrons. The molecule has 0 fully saturated rings. The molecular formula is C14H20Si. The lowest BCUT2D eigenvalue weighted by Crippen LogP contribution is -1.86. The van der Waals surface area contributed by atoms with Crippen LogP contribution in [0.25, 0.3) is 5.57 Å². The van der Waals surface area contributed by atoms with Gasteiger partial charge in [0, 0.05) is 10.2 Å². The average molecular weight is 216 g/mol. The Balaban J connectivity index is 2.03. The lowest BCUT2D eigenvalue weighted by molar-refractivity contribution is 0.918. The molecule has 0 heterocycles. The zero-order valence-corrected chi connectivity index (χ0v) is 11.6. The van der Waals surface area contributed by atoms with Gasteiger partial charge in [0.25, 0.3) is 0 Å². The highest BCUT2D eigenvalue weighted by Crippen LogP contribution is 2.27. The minimum Gasteiger partial charge on any atom is -0.0807 e. The van der Waals surface area contributed by atoms with Crippen LogP contribution in [-0.4, -0.2) is 10.2 Å². The lowest BCUT2D eigenvalue weighted by atomic mass is 10.0. The Morgan fingerprint density at radius 3 is 2.53 bits per heavy atom. The highest BCUT2D eigenvalue weighted by Gasteiger charge is 2.06. The third-order valence-electron chi connectivity index (χ3n) is 3.18. The maximum absolute atomic E-state index is 2.40. The largest absolute Gasteiger partial charge is 0.0807 e. The average Bonchev–Trinajstić information content (AvgIpc) is 2.80. The molecule has 15 heavy (non-hydrogen) atoms. The van der Waals surface area contributed by atoms with Gasteiger partial charge in [0.15, 0.2) is 0 Å². The van der Waals surface area contributed by atoms with E-state index in [0.29, 0.717) is 0 Å². The summed E-state index contributed by atoms with van der Waals surface area (Å²) >= 11 is 0. The fraction of sp³-hybridized carbons (Fsp3) is 0.429. The smallest absolute Gasteiger partial charge is 0.00281 e. The van der Waals surface area contributed by atoms with E-state index in [9.17, 15) is 0 Å². The van der Waals surface area contributed by atoms with Crippen molar-refractivity contribution >= 4 is 15.8 Å². The van der Waals surface area contributed by atoms with E-state index >= 15 is 0 Å². The molecule has 0 unspecified atom stereocenters. The van der Waals surface area contributed by atoms with Crippen molar-refractivity contribution in [2.75, 3.05) is 0 Å². The highest BCUT2D eigenvalue weighted by atomic mass is 28.1. The lowest BCUT2D eigenvalue weighted by Gasteiger charge is -2.04. The first-order valence-corrected chi connectivity index (χ1v) is 7.60. The van der Waals surface area contributed by atoms with Crippen LogP contribution in [0, 0.1) is 0 Å². The van der Waals surface area contributed by atoms with E-state index in [4.69, 9.17) is 0 Å². The van der Waals surface area contributed by atoms with Crippen LogP contribution in [0.5, 0.6) is 0 Å². The van der Waals surface area contributed by atoms with Crippen molar-refractivity contribution in [3.8, 4) is 0 Å². The molecule has 0 saturated carbocycles. The summed E-state index contributed by atoms with van der Waals surface area (Å²) in [5.74, 6) is 0. The Labute approximate surface area is 95.8 Å². The van der Waals surface area contributed by atoms with Crippen molar-refractivity contribution in [2.24, 2.45) is 0 Å². The summed E-state index contributed by atoms with van der Waals surface area (Å²) in [6.45, 7) is 0. The van der Waals surface area contributed by atoms with E-state index < -0.39 is 0 Å². The van der Waals surface area contributed by atoms with Crippen molar-refractivity contribution in [3.05, 3.63) is 41.5 Å². The third kappa shape index (κ3) is 2.82. The maximum Gasteiger partial charge on any atom is 0.00281 e. The molecule has 0 atom stereocenters. The second kappa shape index (κ2) is 5.31. The van der Waals surface area contributed by atoms with Gasteiger partial charge in [0.2, 0.25) is 0 Å². The van der Waals surface area contributed by atoms with Gasteiger partial charge >= 0.3 is 0 Å². The highest BCUT2D eigenvalue weighted by molar-refractivity contribution is 6.08. The number of rotatable bonds is 4. The summed E-state index contributed by atoms with van der Waals surface area (Å²) in [5, 5.41) is 0. The normalized spacial score (nSPS) is 15.6. The summed E-state index contributed by atoms with van der Waals surface area (Å²) in [4.78, 5) is 0. The van der Waals surface area contributed by atoms with Gasteiger partial charge in [0.1, 0.15) is 0 Å². The Bertz CT molecular complexity index is 335. The van der Waals surface area contributed by atoms with Gasteiger partial charge in [0.05, 0.1) is 0 Å². The third-order valence-corrected chi connectivity index (χ3v) is 3.89. The van der Waals surface area contributed by atoms with Crippen LogP contribution in [0.15, 0.2) is 30.3 Å². The standard InChI is InChI=1S/C14H20Si/c15-11-3-4-12-7-9-14(10-8-12)13-5-1-2-6-13/h5,7-10H,1-4,6,11H2,15H3. The fourth-order valence-corrected chi connectivity index (χ4v) is 2.55. The molecule has 0 saturated heterocycles. The van der Waals surface area contributed by atoms with Crippen LogP contribution in [0.2, 0.25) is 6.04 Å². The molecule has 2 rings (SSSR count). The predicted molar refractivity (Wildman–Crippen MR) is 71.3 cm³/mol. The predicted octanol–water partition coefficient (Wildman–Crippen LogP) is 2.97. The van der Waals surface area contributed by atoms with Gasteiger partial charge in [-0.1, -0.05) is 42.8 Å². The molecule has 1 aromatic rings. The summed E-state index contributed by atoms with van der Waals surface area (Å²) in [6, 6.07) is 10.7. The zero-order chi connectivity index (χ0) is 10.5. The SMILES string of the molecule is [SiH3]CCCc1ccc(C2=CCCC2)cc1. The first-order valence-electron chi connectivity index (χ1n) is 6.18. The van der Waals surface area contributed by atoms with E-state index in [-0.39, 0.29) is 0 Å². The van der Waals surface area contributed by atoms with Gasteiger partial charge in [-0.3, -0.25) is 0 Å². The van der Waals surface area contributed by atoms with Crippen LogP contribution in [0.4, 0.5) is 0 Å². The number of benzene rings is 1. The van der Waals surface area contributed by atoms with Gasteiger partial charge in [-0.25, -0.2) is 0 Å². The zero-order valence-electron chi connectivity index (χ0n) is 9.63. The molecule has 1 aromatic carbocycles. The molecule has 0 spiro atoms. The molecule has 0 radical (unpaired) electrons. The molecule has 0 aliphatic heterocycles. The minimum atomic E-state index is 1.27. The van der Waals surface area contributed by atoms with Crippen LogP contribution in [-0.2, 0) is 6.42 Å². The molecule has 0 bridgehead atoms. The van der Waals surface area contributed by atoms with E-state index in [1.165, 1.54) is 59.5 Å². The minimum absolute atomic E-state index is 1.27. The monoisotopic (exact) mass is 216 g/mol. The van der Waals surface area contributed by atoms with Gasteiger partial charge < -0.3 is 0 Å². The first-order chi connectivity index (χ1) is 7.40. The molecule has 0 amide bonds. The fourth-order valence-electron chi connectivity index (χ4n) is 2.20. The van der Waals surface area contributed by atoms with Crippen LogP contribution in [0.1, 0.15) is 36.8 Å². The van der Waals surface area contributed by atoms with Crippen molar-refractivity contribution in [1.29, 1.82) is 0 Å². The Hall–Kier alpha value is -0.823. The van der Waals surface area contributed by atoms with E-state index in [1.54, 1.807) is 5.57 Å². The van der Waals surface area contributed by atoms with Crippen molar-refractivity contribution in [1.82, 2.24) is 0 Å².